The third kappa shape index (κ3) is 11.3. The van der Waals surface area contributed by atoms with Crippen molar-refractivity contribution in [3.05, 3.63) is 29.8 Å². The average molecular weight is 361 g/mol. The fourth-order valence-corrected chi connectivity index (χ4v) is 3.51. The number of carbonyl (C=O) groups is 1. The molecule has 0 heterocycles. The van der Waals surface area contributed by atoms with Crippen molar-refractivity contribution in [3.8, 4) is 5.75 Å². The zero-order valence-electron chi connectivity index (χ0n) is 17.4. The highest BCUT2D eigenvalue weighted by molar-refractivity contribution is 5.72. The van der Waals surface area contributed by atoms with Crippen molar-refractivity contribution in [1.82, 2.24) is 0 Å². The summed E-state index contributed by atoms with van der Waals surface area (Å²) in [6.45, 7) is 6.52. The van der Waals surface area contributed by atoms with E-state index in [1.165, 1.54) is 70.6 Å². The van der Waals surface area contributed by atoms with Crippen LogP contribution in [-0.2, 0) is 4.79 Å². The van der Waals surface area contributed by atoms with Crippen molar-refractivity contribution in [3.63, 3.8) is 0 Å². The van der Waals surface area contributed by atoms with Gasteiger partial charge in [0.15, 0.2) is 0 Å². The molecule has 0 fully saturated rings. The van der Waals surface area contributed by atoms with E-state index in [0.717, 1.165) is 12.0 Å². The van der Waals surface area contributed by atoms with Gasteiger partial charge in [0, 0.05) is 6.42 Å². The first-order valence-corrected chi connectivity index (χ1v) is 10.9. The van der Waals surface area contributed by atoms with Crippen molar-refractivity contribution >= 4 is 5.97 Å². The van der Waals surface area contributed by atoms with Crippen LogP contribution in [0.5, 0.6) is 5.75 Å². The van der Waals surface area contributed by atoms with E-state index in [1.54, 1.807) is 0 Å². The third-order valence-electron chi connectivity index (χ3n) is 5.11. The Kier molecular flexibility index (Phi) is 13.0. The van der Waals surface area contributed by atoms with Gasteiger partial charge in [0.05, 0.1) is 0 Å². The summed E-state index contributed by atoms with van der Waals surface area (Å²) in [5, 5.41) is 0. The van der Waals surface area contributed by atoms with E-state index >= 15 is 0 Å². The lowest BCUT2D eigenvalue weighted by atomic mass is 9.91. The molecule has 148 valence electrons. The van der Waals surface area contributed by atoms with Gasteiger partial charge in [-0.15, -0.1) is 0 Å². The second-order valence-corrected chi connectivity index (χ2v) is 7.77. The fourth-order valence-electron chi connectivity index (χ4n) is 3.51. The predicted molar refractivity (Wildman–Crippen MR) is 112 cm³/mol. The van der Waals surface area contributed by atoms with E-state index in [4.69, 9.17) is 4.74 Å². The van der Waals surface area contributed by atoms with Gasteiger partial charge >= 0.3 is 5.97 Å². The maximum atomic E-state index is 12.4. The Bertz CT molecular complexity index is 481. The number of esters is 1. The molecule has 0 aliphatic carbocycles. The highest BCUT2D eigenvalue weighted by Crippen LogP contribution is 2.23. The van der Waals surface area contributed by atoms with E-state index in [0.29, 0.717) is 18.1 Å². The maximum Gasteiger partial charge on any atom is 0.311 e. The van der Waals surface area contributed by atoms with Gasteiger partial charge < -0.3 is 4.74 Å². The summed E-state index contributed by atoms with van der Waals surface area (Å²) in [5.74, 6) is 1.09. The fraction of sp³-hybridized carbons (Fsp3) is 0.708. The molecule has 1 aromatic rings. The third-order valence-corrected chi connectivity index (χ3v) is 5.11. The minimum atomic E-state index is -0.0675. The summed E-state index contributed by atoms with van der Waals surface area (Å²) in [7, 11) is 0. The molecule has 1 aromatic carbocycles. The number of carbonyl (C=O) groups excluding carboxylic acids is 1. The molecule has 0 aromatic heterocycles. The molecule has 0 aliphatic rings. The molecule has 1 rings (SSSR count). The molecule has 0 radical (unpaired) electrons. The van der Waals surface area contributed by atoms with Crippen LogP contribution in [0.3, 0.4) is 0 Å². The number of hydrogen-bond acceptors (Lipinski definition) is 2. The normalized spacial score (nSPS) is 12.1. The molecule has 1 unspecified atom stereocenters. The Hall–Kier alpha value is -1.31. The van der Waals surface area contributed by atoms with Crippen LogP contribution >= 0.6 is 0 Å². The molecule has 1 atom stereocenters. The first-order chi connectivity index (χ1) is 12.7. The average Bonchev–Trinajstić information content (AvgIpc) is 2.61. The minimum absolute atomic E-state index is 0.0675. The summed E-state index contributed by atoms with van der Waals surface area (Å²) in [5.41, 5.74) is 1.12. The number of aryl methyl sites for hydroxylation is 1. The topological polar surface area (TPSA) is 26.3 Å². The molecular weight excluding hydrogens is 320 g/mol. The highest BCUT2D eigenvalue weighted by atomic mass is 16.5. The van der Waals surface area contributed by atoms with Crippen LogP contribution in [0.2, 0.25) is 0 Å². The second kappa shape index (κ2) is 14.8. The first-order valence-electron chi connectivity index (χ1n) is 10.9. The van der Waals surface area contributed by atoms with Gasteiger partial charge in [-0.2, -0.15) is 0 Å². The number of hydrogen-bond donors (Lipinski definition) is 0. The molecular formula is C24H40O2. The van der Waals surface area contributed by atoms with Crippen LogP contribution in [0.15, 0.2) is 24.3 Å². The summed E-state index contributed by atoms with van der Waals surface area (Å²) in [4.78, 5) is 12.4. The SMILES string of the molecule is CCCCCCCCC(CCCCCC)CC(=O)Oc1cccc(C)c1. The van der Waals surface area contributed by atoms with E-state index in [-0.39, 0.29) is 5.97 Å². The summed E-state index contributed by atoms with van der Waals surface area (Å²) >= 11 is 0. The van der Waals surface area contributed by atoms with Crippen LogP contribution in [0.4, 0.5) is 0 Å². The maximum absolute atomic E-state index is 12.4. The van der Waals surface area contributed by atoms with Gasteiger partial charge in [-0.25, -0.2) is 0 Å². The smallest absolute Gasteiger partial charge is 0.311 e. The molecule has 0 saturated carbocycles. The Morgan fingerprint density at radius 2 is 1.46 bits per heavy atom. The van der Waals surface area contributed by atoms with Crippen LogP contribution in [0, 0.1) is 12.8 Å². The van der Waals surface area contributed by atoms with Gasteiger partial charge in [0.25, 0.3) is 0 Å². The number of rotatable bonds is 15. The van der Waals surface area contributed by atoms with Crippen molar-refractivity contribution in [2.45, 2.75) is 104 Å². The molecule has 0 amide bonds. The van der Waals surface area contributed by atoms with Gasteiger partial charge in [-0.3, -0.25) is 4.79 Å². The predicted octanol–water partition coefficient (Wildman–Crippen LogP) is 7.63. The van der Waals surface area contributed by atoms with Gasteiger partial charge in [-0.1, -0.05) is 90.2 Å². The lowest BCUT2D eigenvalue weighted by Crippen LogP contribution is -2.14. The van der Waals surface area contributed by atoms with Gasteiger partial charge in [-0.05, 0) is 43.4 Å². The Morgan fingerprint density at radius 3 is 2.08 bits per heavy atom. The molecule has 0 saturated heterocycles. The number of ether oxygens (including phenoxy) is 1. The first kappa shape index (κ1) is 22.7. The zero-order chi connectivity index (χ0) is 19.0. The zero-order valence-corrected chi connectivity index (χ0v) is 17.4. The molecule has 0 spiro atoms. The van der Waals surface area contributed by atoms with Crippen LogP contribution in [0.1, 0.15) is 103 Å². The Balaban J connectivity index is 2.39. The number of benzene rings is 1. The molecule has 0 aliphatic heterocycles. The largest absolute Gasteiger partial charge is 0.427 e. The Labute approximate surface area is 161 Å². The minimum Gasteiger partial charge on any atom is -0.427 e. The molecule has 2 heteroatoms. The van der Waals surface area contributed by atoms with Gasteiger partial charge in [0.1, 0.15) is 5.75 Å². The molecule has 2 nitrogen and oxygen atoms in total. The van der Waals surface area contributed by atoms with Crippen LogP contribution in [-0.4, -0.2) is 5.97 Å². The molecule has 26 heavy (non-hydrogen) atoms. The molecule has 0 N–H and O–H groups in total. The van der Waals surface area contributed by atoms with E-state index in [1.807, 2.05) is 31.2 Å². The van der Waals surface area contributed by atoms with Crippen molar-refractivity contribution in [2.24, 2.45) is 5.92 Å². The summed E-state index contributed by atoms with van der Waals surface area (Å²) < 4.78 is 5.57. The molecule has 0 bridgehead atoms. The highest BCUT2D eigenvalue weighted by Gasteiger charge is 2.15. The summed E-state index contributed by atoms with van der Waals surface area (Å²) in [6, 6.07) is 7.76. The van der Waals surface area contributed by atoms with Crippen LogP contribution < -0.4 is 4.74 Å². The van der Waals surface area contributed by atoms with Crippen molar-refractivity contribution < 1.29 is 9.53 Å². The van der Waals surface area contributed by atoms with Crippen LogP contribution in [0.25, 0.3) is 0 Å². The quantitative estimate of drug-likeness (QED) is 0.182. The Morgan fingerprint density at radius 1 is 0.885 bits per heavy atom. The summed E-state index contributed by atoms with van der Waals surface area (Å²) in [6.07, 6.45) is 15.9. The number of unbranched alkanes of at least 4 members (excludes halogenated alkanes) is 8. The van der Waals surface area contributed by atoms with E-state index < -0.39 is 0 Å². The van der Waals surface area contributed by atoms with E-state index in [9.17, 15) is 4.79 Å². The monoisotopic (exact) mass is 360 g/mol. The van der Waals surface area contributed by atoms with Crippen molar-refractivity contribution in [2.75, 3.05) is 0 Å². The van der Waals surface area contributed by atoms with Gasteiger partial charge in [0.2, 0.25) is 0 Å². The van der Waals surface area contributed by atoms with E-state index in [2.05, 4.69) is 13.8 Å². The lowest BCUT2D eigenvalue weighted by molar-refractivity contribution is -0.135. The van der Waals surface area contributed by atoms with Crippen molar-refractivity contribution in [1.29, 1.82) is 0 Å². The second-order valence-electron chi connectivity index (χ2n) is 7.77. The standard InChI is InChI=1S/C24H40O2/c1-4-6-8-10-11-13-17-22(16-12-9-7-5-2)20-24(25)26-23-18-14-15-21(3)19-23/h14-15,18-19,22H,4-13,16-17,20H2,1-3H3. The lowest BCUT2D eigenvalue weighted by Gasteiger charge is -2.16.